The molecule has 13 heteroatoms. The van der Waals surface area contributed by atoms with Crippen molar-refractivity contribution in [2.75, 3.05) is 59.7 Å². The predicted molar refractivity (Wildman–Crippen MR) is 171 cm³/mol. The minimum atomic E-state index is -3.45. The van der Waals surface area contributed by atoms with Crippen LogP contribution in [0.3, 0.4) is 0 Å². The number of aromatic amines is 1. The van der Waals surface area contributed by atoms with Gasteiger partial charge in [0, 0.05) is 57.1 Å². The van der Waals surface area contributed by atoms with Crippen LogP contribution < -0.4 is 20.3 Å². The number of anilines is 6. The number of aryl methyl sites for hydroxylation is 1. The van der Waals surface area contributed by atoms with Crippen molar-refractivity contribution in [3.05, 3.63) is 54.2 Å². The number of likely N-dealkylation sites (N-methyl/N-ethyl adjacent to an activating group) is 1. The summed E-state index contributed by atoms with van der Waals surface area (Å²) in [6, 6.07) is 14.4. The van der Waals surface area contributed by atoms with Gasteiger partial charge in [0.25, 0.3) is 0 Å². The van der Waals surface area contributed by atoms with E-state index in [0.29, 0.717) is 23.1 Å². The zero-order chi connectivity index (χ0) is 29.2. The van der Waals surface area contributed by atoms with Gasteiger partial charge in [0.15, 0.2) is 5.82 Å². The first-order valence-electron chi connectivity index (χ1n) is 13.8. The lowest BCUT2D eigenvalue weighted by molar-refractivity contribution is 0.312. The van der Waals surface area contributed by atoms with E-state index in [1.165, 1.54) is 0 Å². The van der Waals surface area contributed by atoms with Crippen LogP contribution in [-0.4, -0.2) is 81.0 Å². The molecule has 5 rings (SSSR count). The number of piperazine rings is 1. The van der Waals surface area contributed by atoms with E-state index >= 15 is 0 Å². The van der Waals surface area contributed by atoms with Gasteiger partial charge in [0.2, 0.25) is 16.0 Å². The van der Waals surface area contributed by atoms with Crippen LogP contribution in [0.15, 0.2) is 48.7 Å². The molecule has 0 amide bonds. The van der Waals surface area contributed by atoms with Crippen LogP contribution in [0.1, 0.15) is 5.56 Å². The van der Waals surface area contributed by atoms with Gasteiger partial charge < -0.3 is 20.4 Å². The van der Waals surface area contributed by atoms with Gasteiger partial charge >= 0.3 is 0 Å². The number of benzene rings is 2. The smallest absolute Gasteiger partial charge is 0.229 e. The molecule has 0 unspecified atom stereocenters. The lowest BCUT2D eigenvalue weighted by Crippen LogP contribution is -2.44. The Labute approximate surface area is 242 Å². The highest BCUT2D eigenvalue weighted by Gasteiger charge is 2.20. The molecule has 0 saturated carbocycles. The SMILES string of the molecule is CN1CCN(c2n[nH]c3cc(Nc4ncc(CC[Si](C)(C)C)c(Nc5ccccc5NS(C)(=O)=O)n4)ccc23)CC1. The number of nitrogens with one attached hydrogen (secondary N) is 4. The second kappa shape index (κ2) is 11.7. The Morgan fingerprint density at radius 3 is 2.44 bits per heavy atom. The van der Waals surface area contributed by atoms with Crippen molar-refractivity contribution in [1.29, 1.82) is 0 Å². The zero-order valence-electron chi connectivity index (χ0n) is 24.3. The molecule has 218 valence electrons. The average Bonchev–Trinajstić information content (AvgIpc) is 3.32. The molecule has 1 aliphatic rings. The molecule has 0 spiro atoms. The lowest BCUT2D eigenvalue weighted by Gasteiger charge is -2.32. The number of rotatable bonds is 10. The number of nitrogens with zero attached hydrogens (tertiary/aromatic N) is 5. The maximum Gasteiger partial charge on any atom is 0.229 e. The summed E-state index contributed by atoms with van der Waals surface area (Å²) in [5.41, 5.74) is 3.83. The minimum absolute atomic E-state index is 0.441. The fraction of sp³-hybridized carbons (Fsp3) is 0.393. The first kappa shape index (κ1) is 28.8. The van der Waals surface area contributed by atoms with Gasteiger partial charge in [-0.2, -0.15) is 10.1 Å². The standard InChI is InChI=1S/C28H39N9O2SSi/c1-36-13-15-37(16-14-36)27-22-11-10-21(18-25(22)33-34-27)30-28-29-19-20(12-17-41(3,4)5)26(32-28)31-23-8-6-7-9-24(23)35-40(2,38)39/h6-11,18-19,35H,12-17H2,1-5H3,(H,33,34)(H2,29,30,31,32). The predicted octanol–water partition coefficient (Wildman–Crippen LogP) is 4.84. The monoisotopic (exact) mass is 593 g/mol. The molecular formula is C28H39N9O2SSi. The van der Waals surface area contributed by atoms with Crippen LogP contribution in [0.4, 0.5) is 34.6 Å². The Hall–Kier alpha value is -3.68. The molecule has 1 saturated heterocycles. The van der Waals surface area contributed by atoms with E-state index in [9.17, 15) is 8.42 Å². The van der Waals surface area contributed by atoms with Crippen molar-refractivity contribution in [2.45, 2.75) is 32.1 Å². The normalized spacial score (nSPS) is 14.8. The summed E-state index contributed by atoms with van der Waals surface area (Å²) < 4.78 is 26.5. The summed E-state index contributed by atoms with van der Waals surface area (Å²) in [6.07, 6.45) is 3.82. The third kappa shape index (κ3) is 7.54. The van der Waals surface area contributed by atoms with Crippen molar-refractivity contribution in [3.63, 3.8) is 0 Å². The maximum atomic E-state index is 12.0. The Balaban J connectivity index is 1.41. The van der Waals surface area contributed by atoms with Gasteiger partial charge in [-0.05, 0) is 43.8 Å². The molecule has 0 bridgehead atoms. The molecule has 2 aromatic carbocycles. The third-order valence-electron chi connectivity index (χ3n) is 7.09. The highest BCUT2D eigenvalue weighted by molar-refractivity contribution is 7.92. The molecule has 4 N–H and O–H groups in total. The fourth-order valence-electron chi connectivity index (χ4n) is 4.75. The Morgan fingerprint density at radius 1 is 1.00 bits per heavy atom. The van der Waals surface area contributed by atoms with Gasteiger partial charge in [-0.1, -0.05) is 37.8 Å². The number of para-hydroxylation sites is 2. The number of fused-ring (bicyclic) bond motifs is 1. The summed E-state index contributed by atoms with van der Waals surface area (Å²) in [5, 5.41) is 15.6. The highest BCUT2D eigenvalue weighted by atomic mass is 32.2. The van der Waals surface area contributed by atoms with Crippen LogP contribution in [-0.2, 0) is 16.4 Å². The number of H-pyrrole nitrogens is 1. The highest BCUT2D eigenvalue weighted by Crippen LogP contribution is 2.31. The largest absolute Gasteiger partial charge is 0.352 e. The molecular weight excluding hydrogens is 555 g/mol. The van der Waals surface area contributed by atoms with Crippen LogP contribution in [0.2, 0.25) is 25.7 Å². The number of hydrogen-bond donors (Lipinski definition) is 4. The van der Waals surface area contributed by atoms with Crippen LogP contribution in [0.25, 0.3) is 10.9 Å². The Morgan fingerprint density at radius 2 is 1.73 bits per heavy atom. The second-order valence-corrected chi connectivity index (χ2v) is 19.3. The quantitative estimate of drug-likeness (QED) is 0.191. The van der Waals surface area contributed by atoms with Gasteiger partial charge in [-0.3, -0.25) is 9.82 Å². The number of aromatic nitrogens is 4. The molecule has 0 atom stereocenters. The van der Waals surface area contributed by atoms with E-state index < -0.39 is 18.1 Å². The fourth-order valence-corrected chi connectivity index (χ4v) is 6.34. The van der Waals surface area contributed by atoms with Crippen molar-refractivity contribution < 1.29 is 8.42 Å². The summed E-state index contributed by atoms with van der Waals surface area (Å²) in [6.45, 7) is 10.9. The molecule has 2 aromatic heterocycles. The minimum Gasteiger partial charge on any atom is -0.352 e. The van der Waals surface area contributed by atoms with E-state index in [1.54, 1.807) is 12.1 Å². The average molecular weight is 594 g/mol. The lowest BCUT2D eigenvalue weighted by atomic mass is 10.2. The molecule has 0 radical (unpaired) electrons. The number of sulfonamides is 1. The third-order valence-corrected chi connectivity index (χ3v) is 9.43. The summed E-state index contributed by atoms with van der Waals surface area (Å²) in [4.78, 5) is 14.1. The van der Waals surface area contributed by atoms with Gasteiger partial charge in [0.1, 0.15) is 5.82 Å². The summed E-state index contributed by atoms with van der Waals surface area (Å²) in [5.74, 6) is 2.06. The Kier molecular flexibility index (Phi) is 8.20. The van der Waals surface area contributed by atoms with E-state index in [1.807, 2.05) is 30.5 Å². The molecule has 1 fully saturated rings. The zero-order valence-corrected chi connectivity index (χ0v) is 26.1. The van der Waals surface area contributed by atoms with E-state index in [-0.39, 0.29) is 0 Å². The van der Waals surface area contributed by atoms with Gasteiger partial charge in [-0.15, -0.1) is 0 Å². The second-order valence-electron chi connectivity index (χ2n) is 11.9. The topological polar surface area (TPSA) is 131 Å². The van der Waals surface area contributed by atoms with E-state index in [0.717, 1.165) is 72.9 Å². The van der Waals surface area contributed by atoms with Crippen molar-refractivity contribution in [3.8, 4) is 0 Å². The van der Waals surface area contributed by atoms with E-state index in [4.69, 9.17) is 4.98 Å². The van der Waals surface area contributed by atoms with Gasteiger partial charge in [-0.25, -0.2) is 13.4 Å². The van der Waals surface area contributed by atoms with Crippen molar-refractivity contribution in [2.24, 2.45) is 0 Å². The van der Waals surface area contributed by atoms with Gasteiger partial charge in [0.05, 0.1) is 23.1 Å². The molecule has 3 heterocycles. The molecule has 1 aliphatic heterocycles. The van der Waals surface area contributed by atoms with Crippen molar-refractivity contribution >= 4 is 63.6 Å². The van der Waals surface area contributed by atoms with E-state index in [2.05, 4.69) is 73.1 Å². The van der Waals surface area contributed by atoms with Crippen LogP contribution >= 0.6 is 0 Å². The number of hydrogen-bond acceptors (Lipinski definition) is 9. The molecule has 0 aliphatic carbocycles. The molecule has 4 aromatic rings. The first-order valence-corrected chi connectivity index (χ1v) is 19.4. The Bertz CT molecular complexity index is 1630. The summed E-state index contributed by atoms with van der Waals surface area (Å²) >= 11 is 0. The van der Waals surface area contributed by atoms with Crippen LogP contribution in [0.5, 0.6) is 0 Å². The van der Waals surface area contributed by atoms with Crippen LogP contribution in [0, 0.1) is 0 Å². The molecule has 11 nitrogen and oxygen atoms in total. The van der Waals surface area contributed by atoms with Crippen molar-refractivity contribution in [1.82, 2.24) is 25.1 Å². The molecule has 41 heavy (non-hydrogen) atoms. The first-order chi connectivity index (χ1) is 19.4. The maximum absolute atomic E-state index is 12.0. The summed E-state index contributed by atoms with van der Waals surface area (Å²) in [7, 11) is -2.62.